The minimum Gasteiger partial charge on any atom is -0.496 e. The number of para-hydroxylation sites is 1. The Morgan fingerprint density at radius 1 is 0.880 bits per heavy atom. The van der Waals surface area contributed by atoms with Gasteiger partial charge >= 0.3 is 0 Å². The van der Waals surface area contributed by atoms with E-state index in [1.165, 1.54) is 21.3 Å². The Morgan fingerprint density at radius 3 is 2.04 bits per heavy atom. The zero-order chi connectivity index (χ0) is 18.2. The molecule has 0 aliphatic heterocycles. The predicted octanol–water partition coefficient (Wildman–Crippen LogP) is 2.69. The highest BCUT2D eigenvalue weighted by atomic mass is 16.5. The number of carbonyl (C=O) groups excluding carboxylic acids is 1. The smallest absolute Gasteiger partial charge is 0.251 e. The van der Waals surface area contributed by atoms with Crippen molar-refractivity contribution in [2.45, 2.75) is 6.42 Å². The van der Waals surface area contributed by atoms with Crippen LogP contribution < -0.4 is 24.3 Å². The maximum absolute atomic E-state index is 12.4. The Kier molecular flexibility index (Phi) is 6.51. The third-order valence-corrected chi connectivity index (χ3v) is 3.80. The highest BCUT2D eigenvalue weighted by Crippen LogP contribution is 2.38. The molecule has 0 atom stereocenters. The van der Waals surface area contributed by atoms with Gasteiger partial charge in [0, 0.05) is 12.1 Å². The molecule has 2 aromatic rings. The first-order chi connectivity index (χ1) is 12.1. The first-order valence-corrected chi connectivity index (χ1v) is 7.84. The second-order valence-electron chi connectivity index (χ2n) is 5.23. The minimum absolute atomic E-state index is 0.214. The van der Waals surface area contributed by atoms with Crippen LogP contribution in [0.5, 0.6) is 23.0 Å². The van der Waals surface area contributed by atoms with E-state index in [4.69, 9.17) is 18.9 Å². The molecule has 0 bridgehead atoms. The van der Waals surface area contributed by atoms with Gasteiger partial charge in [-0.3, -0.25) is 4.79 Å². The van der Waals surface area contributed by atoms with Crippen molar-refractivity contribution in [2.75, 3.05) is 35.0 Å². The molecule has 0 aliphatic rings. The van der Waals surface area contributed by atoms with Gasteiger partial charge in [0.15, 0.2) is 11.5 Å². The van der Waals surface area contributed by atoms with Crippen LogP contribution in [0.25, 0.3) is 0 Å². The number of nitrogens with one attached hydrogen (secondary N) is 1. The number of hydrogen-bond acceptors (Lipinski definition) is 5. The van der Waals surface area contributed by atoms with Crippen LogP contribution in [0.1, 0.15) is 15.9 Å². The minimum atomic E-state index is -0.214. The van der Waals surface area contributed by atoms with E-state index >= 15 is 0 Å². The summed E-state index contributed by atoms with van der Waals surface area (Å²) in [7, 11) is 6.18. The number of hydrogen-bond donors (Lipinski definition) is 1. The van der Waals surface area contributed by atoms with E-state index in [0.717, 1.165) is 11.3 Å². The number of benzene rings is 2. The maximum atomic E-state index is 12.4. The number of rotatable bonds is 8. The number of ether oxygens (including phenoxy) is 4. The van der Waals surface area contributed by atoms with Crippen LogP contribution in [0.2, 0.25) is 0 Å². The summed E-state index contributed by atoms with van der Waals surface area (Å²) in [6, 6.07) is 11.0. The molecule has 0 aliphatic carbocycles. The molecule has 25 heavy (non-hydrogen) atoms. The van der Waals surface area contributed by atoms with Gasteiger partial charge in [0.1, 0.15) is 5.75 Å². The molecule has 2 rings (SSSR count). The molecule has 1 amide bonds. The second-order valence-corrected chi connectivity index (χ2v) is 5.23. The lowest BCUT2D eigenvalue weighted by Gasteiger charge is -2.14. The van der Waals surface area contributed by atoms with Crippen LogP contribution in [0.4, 0.5) is 0 Å². The van der Waals surface area contributed by atoms with Gasteiger partial charge in [0.25, 0.3) is 5.91 Å². The molecule has 6 heteroatoms. The van der Waals surface area contributed by atoms with Crippen molar-refractivity contribution in [1.82, 2.24) is 5.32 Å². The predicted molar refractivity (Wildman–Crippen MR) is 95.1 cm³/mol. The number of carbonyl (C=O) groups is 1. The van der Waals surface area contributed by atoms with Gasteiger partial charge in [-0.2, -0.15) is 0 Å². The van der Waals surface area contributed by atoms with Crippen LogP contribution in [0.3, 0.4) is 0 Å². The van der Waals surface area contributed by atoms with Crippen LogP contribution in [-0.4, -0.2) is 40.9 Å². The van der Waals surface area contributed by atoms with Crippen LogP contribution in [0.15, 0.2) is 36.4 Å². The summed E-state index contributed by atoms with van der Waals surface area (Å²) in [5, 5.41) is 2.89. The Labute approximate surface area is 147 Å². The van der Waals surface area contributed by atoms with Gasteiger partial charge in [-0.15, -0.1) is 0 Å². The molecule has 0 saturated heterocycles. The van der Waals surface area contributed by atoms with E-state index in [0.29, 0.717) is 35.8 Å². The molecule has 0 heterocycles. The van der Waals surface area contributed by atoms with Gasteiger partial charge in [-0.05, 0) is 30.2 Å². The van der Waals surface area contributed by atoms with Crippen LogP contribution >= 0.6 is 0 Å². The van der Waals surface area contributed by atoms with Crippen molar-refractivity contribution >= 4 is 5.91 Å². The van der Waals surface area contributed by atoms with Gasteiger partial charge < -0.3 is 24.3 Å². The standard InChI is InChI=1S/C19H23NO5/c1-22-15-8-6-5-7-13(15)9-10-20-19(21)14-11-16(23-2)18(25-4)17(12-14)24-3/h5-8,11-12H,9-10H2,1-4H3,(H,20,21). The summed E-state index contributed by atoms with van der Waals surface area (Å²) in [4.78, 5) is 12.4. The molecule has 6 nitrogen and oxygen atoms in total. The van der Waals surface area contributed by atoms with Gasteiger partial charge in [0.05, 0.1) is 28.4 Å². The number of methoxy groups -OCH3 is 4. The molecule has 134 valence electrons. The first kappa shape index (κ1) is 18.4. The molecule has 0 saturated carbocycles. The zero-order valence-corrected chi connectivity index (χ0v) is 14.9. The summed E-state index contributed by atoms with van der Waals surface area (Å²) in [6.45, 7) is 0.482. The van der Waals surface area contributed by atoms with E-state index in [1.807, 2.05) is 24.3 Å². The molecule has 0 fully saturated rings. The van der Waals surface area contributed by atoms with Gasteiger partial charge in [-0.25, -0.2) is 0 Å². The summed E-state index contributed by atoms with van der Waals surface area (Å²) in [5.41, 5.74) is 1.48. The van der Waals surface area contributed by atoms with E-state index in [-0.39, 0.29) is 5.91 Å². The Morgan fingerprint density at radius 2 is 1.48 bits per heavy atom. The summed E-state index contributed by atoms with van der Waals surface area (Å²) in [6.07, 6.45) is 0.667. The maximum Gasteiger partial charge on any atom is 0.251 e. The zero-order valence-electron chi connectivity index (χ0n) is 14.9. The van der Waals surface area contributed by atoms with E-state index < -0.39 is 0 Å². The Balaban J connectivity index is 2.08. The third-order valence-electron chi connectivity index (χ3n) is 3.80. The first-order valence-electron chi connectivity index (χ1n) is 7.84. The lowest BCUT2D eigenvalue weighted by atomic mass is 10.1. The molecular weight excluding hydrogens is 322 g/mol. The van der Waals surface area contributed by atoms with Crippen LogP contribution in [0, 0.1) is 0 Å². The Bertz CT molecular complexity index is 704. The van der Waals surface area contributed by atoms with Gasteiger partial charge in [-0.1, -0.05) is 18.2 Å². The molecular formula is C19H23NO5. The summed E-state index contributed by atoms with van der Waals surface area (Å²) < 4.78 is 21.1. The van der Waals surface area contributed by atoms with Crippen molar-refractivity contribution in [2.24, 2.45) is 0 Å². The average Bonchev–Trinajstić information content (AvgIpc) is 2.66. The second kappa shape index (κ2) is 8.82. The quantitative estimate of drug-likeness (QED) is 0.797. The van der Waals surface area contributed by atoms with Crippen molar-refractivity contribution < 1.29 is 23.7 Å². The fraction of sp³-hybridized carbons (Fsp3) is 0.316. The molecule has 2 aromatic carbocycles. The highest BCUT2D eigenvalue weighted by Gasteiger charge is 2.16. The van der Waals surface area contributed by atoms with Crippen molar-refractivity contribution in [3.05, 3.63) is 47.5 Å². The van der Waals surface area contributed by atoms with Gasteiger partial charge in [0.2, 0.25) is 5.75 Å². The molecule has 0 spiro atoms. The lowest BCUT2D eigenvalue weighted by Crippen LogP contribution is -2.25. The Hall–Kier alpha value is -2.89. The van der Waals surface area contributed by atoms with E-state index in [9.17, 15) is 4.79 Å². The van der Waals surface area contributed by atoms with E-state index in [1.54, 1.807) is 19.2 Å². The lowest BCUT2D eigenvalue weighted by molar-refractivity contribution is 0.0953. The molecule has 0 unspecified atom stereocenters. The van der Waals surface area contributed by atoms with Crippen molar-refractivity contribution in [1.29, 1.82) is 0 Å². The van der Waals surface area contributed by atoms with Crippen molar-refractivity contribution in [3.63, 3.8) is 0 Å². The fourth-order valence-corrected chi connectivity index (χ4v) is 2.53. The summed E-state index contributed by atoms with van der Waals surface area (Å²) >= 11 is 0. The number of amides is 1. The molecule has 1 N–H and O–H groups in total. The fourth-order valence-electron chi connectivity index (χ4n) is 2.53. The largest absolute Gasteiger partial charge is 0.496 e. The summed E-state index contributed by atoms with van der Waals surface area (Å²) in [5.74, 6) is 1.93. The van der Waals surface area contributed by atoms with Crippen molar-refractivity contribution in [3.8, 4) is 23.0 Å². The topological polar surface area (TPSA) is 66.0 Å². The van der Waals surface area contributed by atoms with E-state index in [2.05, 4.69) is 5.32 Å². The average molecular weight is 345 g/mol. The van der Waals surface area contributed by atoms with Crippen LogP contribution in [-0.2, 0) is 6.42 Å². The SMILES string of the molecule is COc1ccccc1CCNC(=O)c1cc(OC)c(OC)c(OC)c1. The normalized spacial score (nSPS) is 10.1. The molecule has 0 aromatic heterocycles. The highest BCUT2D eigenvalue weighted by molar-refractivity contribution is 5.95. The monoisotopic (exact) mass is 345 g/mol. The molecule has 0 radical (unpaired) electrons. The third kappa shape index (κ3) is 4.35.